The molecule has 1 unspecified atom stereocenters. The third kappa shape index (κ3) is 4.09. The zero-order valence-electron chi connectivity index (χ0n) is 12.6. The van der Waals surface area contributed by atoms with Gasteiger partial charge >= 0.3 is 6.03 Å². The Morgan fingerprint density at radius 3 is 2.70 bits per heavy atom. The molecule has 5 nitrogen and oxygen atoms in total. The number of piperidine rings is 1. The Balaban J connectivity index is 1.60. The predicted octanol–water partition coefficient (Wildman–Crippen LogP) is 3.52. The molecular weight excluding hydrogens is 337 g/mol. The predicted molar refractivity (Wildman–Crippen MR) is 90.9 cm³/mol. The van der Waals surface area contributed by atoms with Gasteiger partial charge in [0.2, 0.25) is 5.91 Å². The van der Waals surface area contributed by atoms with Crippen LogP contribution in [0, 0.1) is 5.92 Å². The van der Waals surface area contributed by atoms with Gasteiger partial charge in [0.05, 0.1) is 21.7 Å². The van der Waals surface area contributed by atoms with Crippen molar-refractivity contribution in [2.24, 2.45) is 5.92 Å². The molecule has 1 aromatic rings. The van der Waals surface area contributed by atoms with Gasteiger partial charge in [0.1, 0.15) is 0 Å². The molecule has 2 N–H and O–H groups in total. The molecule has 2 aliphatic rings. The summed E-state index contributed by atoms with van der Waals surface area (Å²) in [6.45, 7) is 1.13. The monoisotopic (exact) mass is 355 g/mol. The highest BCUT2D eigenvalue weighted by atomic mass is 35.5. The maximum Gasteiger partial charge on any atom is 0.317 e. The van der Waals surface area contributed by atoms with Crippen molar-refractivity contribution in [2.75, 3.05) is 18.4 Å². The second-order valence-corrected chi connectivity index (χ2v) is 6.88. The summed E-state index contributed by atoms with van der Waals surface area (Å²) >= 11 is 12.1. The van der Waals surface area contributed by atoms with Crippen LogP contribution < -0.4 is 10.6 Å². The average molecular weight is 356 g/mol. The number of carbonyl (C=O) groups excluding carboxylic acids is 2. The van der Waals surface area contributed by atoms with Crippen LogP contribution in [0.2, 0.25) is 10.0 Å². The average Bonchev–Trinajstić information content (AvgIpc) is 3.36. The lowest BCUT2D eigenvalue weighted by Gasteiger charge is -2.32. The molecule has 1 saturated heterocycles. The van der Waals surface area contributed by atoms with Gasteiger partial charge in [-0.2, -0.15) is 0 Å². The molecular formula is C16H19Cl2N3O2. The molecule has 0 radical (unpaired) electrons. The van der Waals surface area contributed by atoms with E-state index in [-0.39, 0.29) is 17.9 Å². The van der Waals surface area contributed by atoms with Crippen LogP contribution in [0.3, 0.4) is 0 Å². The van der Waals surface area contributed by atoms with E-state index >= 15 is 0 Å². The number of amides is 3. The number of urea groups is 1. The van der Waals surface area contributed by atoms with E-state index in [0.717, 1.165) is 25.7 Å². The topological polar surface area (TPSA) is 61.4 Å². The number of benzene rings is 1. The number of anilines is 1. The van der Waals surface area contributed by atoms with Gasteiger partial charge < -0.3 is 15.5 Å². The summed E-state index contributed by atoms with van der Waals surface area (Å²) in [4.78, 5) is 26.3. The van der Waals surface area contributed by atoms with Gasteiger partial charge in [-0.05, 0) is 37.8 Å². The molecule has 23 heavy (non-hydrogen) atoms. The second kappa shape index (κ2) is 6.97. The van der Waals surface area contributed by atoms with E-state index in [2.05, 4.69) is 10.6 Å². The molecule has 0 bridgehead atoms. The maximum atomic E-state index is 12.5. The lowest BCUT2D eigenvalue weighted by Crippen LogP contribution is -2.48. The number of halogens is 2. The third-order valence-electron chi connectivity index (χ3n) is 4.19. The number of carbonyl (C=O) groups is 2. The first-order valence-electron chi connectivity index (χ1n) is 7.85. The molecule has 1 aromatic carbocycles. The number of nitrogens with zero attached hydrogens (tertiary/aromatic N) is 1. The van der Waals surface area contributed by atoms with Gasteiger partial charge in [-0.25, -0.2) is 4.79 Å². The standard InChI is InChI=1S/C16H19Cl2N3O2/c17-12-4-1-5-13(14(12)18)20-15(22)10-3-2-8-21(9-10)16(23)19-11-6-7-11/h1,4-5,10-11H,2-3,6-9H2,(H,19,23)(H,20,22). The maximum absolute atomic E-state index is 12.5. The Morgan fingerprint density at radius 1 is 1.17 bits per heavy atom. The second-order valence-electron chi connectivity index (χ2n) is 6.10. The highest BCUT2D eigenvalue weighted by molar-refractivity contribution is 6.44. The summed E-state index contributed by atoms with van der Waals surface area (Å²) < 4.78 is 0. The van der Waals surface area contributed by atoms with E-state index in [1.54, 1.807) is 23.1 Å². The SMILES string of the molecule is O=C(Nc1cccc(Cl)c1Cl)C1CCCN(C(=O)NC2CC2)C1. The number of hydrogen-bond donors (Lipinski definition) is 2. The van der Waals surface area contributed by atoms with Crippen LogP contribution in [0.25, 0.3) is 0 Å². The molecule has 1 saturated carbocycles. The lowest BCUT2D eigenvalue weighted by atomic mass is 9.97. The van der Waals surface area contributed by atoms with Crippen LogP contribution in [0.4, 0.5) is 10.5 Å². The van der Waals surface area contributed by atoms with Crippen LogP contribution >= 0.6 is 23.2 Å². The summed E-state index contributed by atoms with van der Waals surface area (Å²) in [6, 6.07) is 5.38. The van der Waals surface area contributed by atoms with Crippen LogP contribution in [-0.2, 0) is 4.79 Å². The fourth-order valence-electron chi connectivity index (χ4n) is 2.70. The van der Waals surface area contributed by atoms with E-state index in [0.29, 0.717) is 34.9 Å². The van der Waals surface area contributed by atoms with Crippen molar-refractivity contribution >= 4 is 40.8 Å². The Hall–Kier alpha value is -1.46. The smallest absolute Gasteiger partial charge is 0.317 e. The van der Waals surface area contributed by atoms with E-state index < -0.39 is 0 Å². The molecule has 0 aromatic heterocycles. The molecule has 1 atom stereocenters. The highest BCUT2D eigenvalue weighted by Crippen LogP contribution is 2.30. The highest BCUT2D eigenvalue weighted by Gasteiger charge is 2.31. The van der Waals surface area contributed by atoms with E-state index in [1.165, 1.54) is 0 Å². The molecule has 1 heterocycles. The van der Waals surface area contributed by atoms with E-state index in [4.69, 9.17) is 23.2 Å². The number of rotatable bonds is 3. The fourth-order valence-corrected chi connectivity index (χ4v) is 3.05. The minimum Gasteiger partial charge on any atom is -0.335 e. The van der Waals surface area contributed by atoms with Crippen LogP contribution in [0.1, 0.15) is 25.7 Å². The van der Waals surface area contributed by atoms with Crippen molar-refractivity contribution < 1.29 is 9.59 Å². The Morgan fingerprint density at radius 2 is 1.96 bits per heavy atom. The van der Waals surface area contributed by atoms with Crippen LogP contribution in [0.15, 0.2) is 18.2 Å². The Bertz CT molecular complexity index is 619. The van der Waals surface area contributed by atoms with E-state index in [1.807, 2.05) is 0 Å². The first-order chi connectivity index (χ1) is 11.0. The van der Waals surface area contributed by atoms with Gasteiger partial charge in [0.15, 0.2) is 0 Å². The van der Waals surface area contributed by atoms with Crippen LogP contribution in [-0.4, -0.2) is 36.0 Å². The lowest BCUT2D eigenvalue weighted by molar-refractivity contribution is -0.121. The molecule has 1 aliphatic heterocycles. The third-order valence-corrected chi connectivity index (χ3v) is 5.01. The Kier molecular flexibility index (Phi) is 4.97. The quantitative estimate of drug-likeness (QED) is 0.871. The minimum atomic E-state index is -0.233. The minimum absolute atomic E-state index is 0.0641. The summed E-state index contributed by atoms with van der Waals surface area (Å²) in [5, 5.41) is 6.52. The van der Waals surface area contributed by atoms with Crippen molar-refractivity contribution in [3.63, 3.8) is 0 Å². The van der Waals surface area contributed by atoms with Crippen molar-refractivity contribution in [3.8, 4) is 0 Å². The summed E-state index contributed by atoms with van der Waals surface area (Å²) in [5.74, 6) is -0.359. The molecule has 124 valence electrons. The van der Waals surface area contributed by atoms with Gasteiger partial charge in [0, 0.05) is 19.1 Å². The summed E-state index contributed by atoms with van der Waals surface area (Å²) in [7, 11) is 0. The number of nitrogens with one attached hydrogen (secondary N) is 2. The van der Waals surface area contributed by atoms with E-state index in [9.17, 15) is 9.59 Å². The number of likely N-dealkylation sites (tertiary alicyclic amines) is 1. The van der Waals surface area contributed by atoms with Crippen molar-refractivity contribution in [2.45, 2.75) is 31.7 Å². The normalized spacial score (nSPS) is 21.0. The van der Waals surface area contributed by atoms with Crippen molar-refractivity contribution in [3.05, 3.63) is 28.2 Å². The molecule has 1 aliphatic carbocycles. The Labute approximate surface area is 145 Å². The fraction of sp³-hybridized carbons (Fsp3) is 0.500. The summed E-state index contributed by atoms with van der Waals surface area (Å²) in [5.41, 5.74) is 0.503. The van der Waals surface area contributed by atoms with Crippen LogP contribution in [0.5, 0.6) is 0 Å². The van der Waals surface area contributed by atoms with Crippen molar-refractivity contribution in [1.29, 1.82) is 0 Å². The van der Waals surface area contributed by atoms with Gasteiger partial charge in [-0.1, -0.05) is 29.3 Å². The van der Waals surface area contributed by atoms with Crippen molar-refractivity contribution in [1.82, 2.24) is 10.2 Å². The summed E-state index contributed by atoms with van der Waals surface area (Å²) in [6.07, 6.45) is 3.68. The zero-order chi connectivity index (χ0) is 16.4. The zero-order valence-corrected chi connectivity index (χ0v) is 14.2. The largest absolute Gasteiger partial charge is 0.335 e. The van der Waals surface area contributed by atoms with Gasteiger partial charge in [-0.3, -0.25) is 4.79 Å². The molecule has 0 spiro atoms. The first-order valence-corrected chi connectivity index (χ1v) is 8.60. The molecule has 7 heteroatoms. The van der Waals surface area contributed by atoms with Gasteiger partial charge in [-0.15, -0.1) is 0 Å². The molecule has 3 rings (SSSR count). The first kappa shape index (κ1) is 16.4. The molecule has 3 amide bonds. The molecule has 2 fully saturated rings. The number of hydrogen-bond acceptors (Lipinski definition) is 2. The van der Waals surface area contributed by atoms with Gasteiger partial charge in [0.25, 0.3) is 0 Å².